The number of hydrogen-bond donors (Lipinski definition) is 0. The number of rotatable bonds is 5. The quantitative estimate of drug-likeness (QED) is 0.682. The van der Waals surface area contributed by atoms with Gasteiger partial charge in [-0.05, 0) is 49.2 Å². The number of nitrogens with zero attached hydrogens (tertiary/aromatic N) is 1. The van der Waals surface area contributed by atoms with Crippen LogP contribution in [0.1, 0.15) is 30.6 Å². The topological polar surface area (TPSA) is 54.5 Å². The molecule has 1 aromatic carbocycles. The van der Waals surface area contributed by atoms with E-state index < -0.39 is 14.6 Å². The molecule has 0 unspecified atom stereocenters. The summed E-state index contributed by atoms with van der Waals surface area (Å²) in [6.07, 6.45) is 2.12. The van der Waals surface area contributed by atoms with Gasteiger partial charge in [0, 0.05) is 16.9 Å². The summed E-state index contributed by atoms with van der Waals surface area (Å²) >= 11 is 13.2. The lowest BCUT2D eigenvalue weighted by Crippen LogP contribution is -2.50. The second-order valence-electron chi connectivity index (χ2n) is 6.53. The highest BCUT2D eigenvalue weighted by Crippen LogP contribution is 2.42. The second kappa shape index (κ2) is 7.50. The Kier molecular flexibility index (Phi) is 5.68. The maximum Gasteiger partial charge on any atom is 0.244 e. The largest absolute Gasteiger partial charge is 0.339 e. The first-order valence-electron chi connectivity index (χ1n) is 8.26. The van der Waals surface area contributed by atoms with Gasteiger partial charge < -0.3 is 4.90 Å². The van der Waals surface area contributed by atoms with Gasteiger partial charge in [0.2, 0.25) is 5.91 Å². The van der Waals surface area contributed by atoms with Gasteiger partial charge in [-0.2, -0.15) is 0 Å². The molecule has 1 aliphatic rings. The van der Waals surface area contributed by atoms with Crippen molar-refractivity contribution in [1.29, 1.82) is 0 Å². The second-order valence-corrected chi connectivity index (χ2v) is 11.0. The molecule has 1 heterocycles. The van der Waals surface area contributed by atoms with E-state index in [0.29, 0.717) is 28.7 Å². The summed E-state index contributed by atoms with van der Waals surface area (Å²) in [5.74, 6) is -0.352. The van der Waals surface area contributed by atoms with E-state index in [1.54, 1.807) is 25.2 Å². The average Bonchev–Trinajstić information content (AvgIpc) is 3.24. The van der Waals surface area contributed by atoms with Gasteiger partial charge in [-0.1, -0.05) is 36.0 Å². The molecule has 3 rings (SSSR count). The first-order valence-corrected chi connectivity index (χ1v) is 11.3. The van der Waals surface area contributed by atoms with Gasteiger partial charge in [-0.15, -0.1) is 11.3 Å². The predicted molar refractivity (Wildman–Crippen MR) is 106 cm³/mol. The molecule has 0 saturated heterocycles. The van der Waals surface area contributed by atoms with Crippen molar-refractivity contribution in [3.63, 3.8) is 0 Å². The zero-order valence-electron chi connectivity index (χ0n) is 14.2. The minimum atomic E-state index is -3.82. The fourth-order valence-electron chi connectivity index (χ4n) is 3.47. The number of thiophene rings is 1. The minimum absolute atomic E-state index is 0.143. The molecule has 8 heteroatoms. The molecule has 140 valence electrons. The lowest BCUT2D eigenvalue weighted by molar-refractivity contribution is -0.133. The van der Waals surface area contributed by atoms with Crippen LogP contribution in [0.4, 0.5) is 0 Å². The minimum Gasteiger partial charge on any atom is -0.339 e. The third kappa shape index (κ3) is 3.52. The Morgan fingerprint density at radius 1 is 1.12 bits per heavy atom. The number of carbonyl (C=O) groups excluding carboxylic acids is 1. The number of carbonyl (C=O) groups is 1. The number of amides is 1. The highest BCUT2D eigenvalue weighted by atomic mass is 35.5. The van der Waals surface area contributed by atoms with Crippen LogP contribution in [0.25, 0.3) is 0 Å². The van der Waals surface area contributed by atoms with Gasteiger partial charge in [-0.25, -0.2) is 8.42 Å². The molecule has 1 aromatic heterocycles. The summed E-state index contributed by atoms with van der Waals surface area (Å²) in [6, 6.07) is 9.66. The summed E-state index contributed by atoms with van der Waals surface area (Å²) < 4.78 is 26.0. The highest BCUT2D eigenvalue weighted by Gasteiger charge is 2.54. The molecule has 1 saturated carbocycles. The van der Waals surface area contributed by atoms with Crippen molar-refractivity contribution in [2.24, 2.45) is 0 Å². The summed E-state index contributed by atoms with van der Waals surface area (Å²) in [7, 11) is -2.17. The standard InChI is InChI=1S/C18H19Cl2NO3S2/c1-21(12-14-6-9-16(20)25-14)17(22)18(10-2-3-11-18)26(23,24)15-7-4-13(19)5-8-15/h4-9H,2-3,10-12H2,1H3. The van der Waals surface area contributed by atoms with Crippen molar-refractivity contribution in [2.45, 2.75) is 41.9 Å². The normalized spacial score (nSPS) is 16.6. The molecule has 0 atom stereocenters. The smallest absolute Gasteiger partial charge is 0.244 e. The van der Waals surface area contributed by atoms with Crippen LogP contribution in [0.3, 0.4) is 0 Å². The van der Waals surface area contributed by atoms with E-state index in [1.165, 1.54) is 28.4 Å². The van der Waals surface area contributed by atoms with Crippen molar-refractivity contribution >= 4 is 50.3 Å². The highest BCUT2D eigenvalue weighted by molar-refractivity contribution is 7.93. The number of sulfone groups is 1. The van der Waals surface area contributed by atoms with Gasteiger partial charge in [0.1, 0.15) is 0 Å². The Bertz CT molecular complexity index is 901. The van der Waals surface area contributed by atoms with Crippen molar-refractivity contribution in [3.05, 3.63) is 50.6 Å². The van der Waals surface area contributed by atoms with E-state index in [-0.39, 0.29) is 10.8 Å². The van der Waals surface area contributed by atoms with Crippen molar-refractivity contribution in [3.8, 4) is 0 Å². The van der Waals surface area contributed by atoms with Crippen LogP contribution >= 0.6 is 34.5 Å². The molecular weight excluding hydrogens is 413 g/mol. The van der Waals surface area contributed by atoms with Gasteiger partial charge in [0.25, 0.3) is 0 Å². The van der Waals surface area contributed by atoms with E-state index in [4.69, 9.17) is 23.2 Å². The molecule has 1 aliphatic carbocycles. The predicted octanol–water partition coefficient (Wildman–Crippen LogP) is 4.80. The van der Waals surface area contributed by atoms with Crippen LogP contribution in [0.15, 0.2) is 41.3 Å². The van der Waals surface area contributed by atoms with Crippen LogP contribution in [0.2, 0.25) is 9.36 Å². The number of benzene rings is 1. The lowest BCUT2D eigenvalue weighted by Gasteiger charge is -2.32. The molecule has 0 aliphatic heterocycles. The first kappa shape index (κ1) is 19.7. The first-order chi connectivity index (χ1) is 12.3. The molecule has 1 fully saturated rings. The molecule has 0 radical (unpaired) electrons. The van der Waals surface area contributed by atoms with Crippen LogP contribution in [0.5, 0.6) is 0 Å². The van der Waals surface area contributed by atoms with Crippen molar-refractivity contribution < 1.29 is 13.2 Å². The van der Waals surface area contributed by atoms with Crippen molar-refractivity contribution in [1.82, 2.24) is 4.90 Å². The summed E-state index contributed by atoms with van der Waals surface area (Å²) in [4.78, 5) is 15.8. The van der Waals surface area contributed by atoms with Gasteiger partial charge in [0.15, 0.2) is 14.6 Å². The van der Waals surface area contributed by atoms with E-state index in [2.05, 4.69) is 0 Å². The molecular formula is C18H19Cl2NO3S2. The fraction of sp³-hybridized carbons (Fsp3) is 0.389. The van der Waals surface area contributed by atoms with E-state index >= 15 is 0 Å². The molecule has 2 aromatic rings. The third-order valence-electron chi connectivity index (χ3n) is 4.81. The van der Waals surface area contributed by atoms with Gasteiger partial charge >= 0.3 is 0 Å². The van der Waals surface area contributed by atoms with Gasteiger partial charge in [0.05, 0.1) is 15.8 Å². The van der Waals surface area contributed by atoms with Crippen LogP contribution < -0.4 is 0 Å². The molecule has 1 amide bonds. The zero-order valence-corrected chi connectivity index (χ0v) is 17.4. The zero-order chi connectivity index (χ0) is 18.9. The molecule has 0 bridgehead atoms. The number of hydrogen-bond acceptors (Lipinski definition) is 4. The summed E-state index contributed by atoms with van der Waals surface area (Å²) in [5, 5.41) is 0.461. The molecule has 26 heavy (non-hydrogen) atoms. The Hall–Kier alpha value is -1.08. The monoisotopic (exact) mass is 431 g/mol. The Morgan fingerprint density at radius 3 is 2.27 bits per heavy atom. The molecule has 0 N–H and O–H groups in total. The maximum atomic E-state index is 13.4. The summed E-state index contributed by atoms with van der Waals surface area (Å²) in [5.41, 5.74) is 0. The summed E-state index contributed by atoms with van der Waals surface area (Å²) in [6.45, 7) is 0.341. The molecule has 0 spiro atoms. The molecule has 4 nitrogen and oxygen atoms in total. The van der Waals surface area contributed by atoms with Crippen molar-refractivity contribution in [2.75, 3.05) is 7.05 Å². The van der Waals surface area contributed by atoms with E-state index in [9.17, 15) is 13.2 Å². The fourth-order valence-corrected chi connectivity index (χ4v) is 6.90. The van der Waals surface area contributed by atoms with Crippen LogP contribution in [-0.4, -0.2) is 31.0 Å². The Morgan fingerprint density at radius 2 is 1.73 bits per heavy atom. The third-order valence-corrected chi connectivity index (χ3v) is 8.78. The van der Waals surface area contributed by atoms with E-state index in [1.807, 2.05) is 6.07 Å². The Balaban J connectivity index is 1.93. The average molecular weight is 432 g/mol. The SMILES string of the molecule is CN(Cc1ccc(Cl)s1)C(=O)C1(S(=O)(=O)c2ccc(Cl)cc2)CCCC1. The van der Waals surface area contributed by atoms with E-state index in [0.717, 1.165) is 17.7 Å². The van der Waals surface area contributed by atoms with Crippen LogP contribution in [0, 0.1) is 0 Å². The lowest BCUT2D eigenvalue weighted by atomic mass is 10.1. The van der Waals surface area contributed by atoms with Crippen LogP contribution in [-0.2, 0) is 21.2 Å². The van der Waals surface area contributed by atoms with Gasteiger partial charge in [-0.3, -0.25) is 4.79 Å². The number of halogens is 2. The maximum absolute atomic E-state index is 13.4. The Labute approximate surface area is 167 Å².